The normalized spacial score (nSPS) is 10.5. The number of rotatable bonds is 7. The Bertz CT molecular complexity index is 1280. The van der Waals surface area contributed by atoms with Gasteiger partial charge in [-0.3, -0.25) is 9.59 Å². The van der Waals surface area contributed by atoms with E-state index < -0.39 is 17.8 Å². The van der Waals surface area contributed by atoms with Crippen LogP contribution in [0.4, 0.5) is 5.69 Å². The summed E-state index contributed by atoms with van der Waals surface area (Å²) in [5.41, 5.74) is 3.30. The van der Waals surface area contributed by atoms with Crippen molar-refractivity contribution in [2.24, 2.45) is 5.10 Å². The quantitative estimate of drug-likeness (QED) is 0.159. The first-order chi connectivity index (χ1) is 16.8. The van der Waals surface area contributed by atoms with Crippen molar-refractivity contribution in [2.45, 2.75) is 0 Å². The number of nitrogens with one attached hydrogen (secondary N) is 2. The minimum absolute atomic E-state index is 0.237. The molecule has 2 N–H and O–H groups in total. The molecule has 0 aliphatic heterocycles. The minimum Gasteiger partial charge on any atom is -0.493 e. The van der Waals surface area contributed by atoms with Gasteiger partial charge in [0.05, 0.1) is 36.0 Å². The Labute approximate surface area is 210 Å². The standard InChI is InChI=1S/C24H19Cl2N3O6/c1-33-20-10-5-15(11-21(20)34-2)24(32)35-17-7-3-14(4-8-17)13-27-29-23(31)22(30)28-16-6-9-18(25)19(26)12-16/h3-13H,1-2H3,(H,28,30)(H,29,31)/b27-13-. The molecule has 0 radical (unpaired) electrons. The van der Waals surface area contributed by atoms with E-state index in [1.54, 1.807) is 36.4 Å². The molecule has 0 heterocycles. The van der Waals surface area contributed by atoms with Gasteiger partial charge in [0.1, 0.15) is 5.75 Å². The molecule has 0 fully saturated rings. The maximum absolute atomic E-state index is 12.4. The summed E-state index contributed by atoms with van der Waals surface area (Å²) in [5, 5.41) is 6.68. The number of hydrogen-bond acceptors (Lipinski definition) is 7. The monoisotopic (exact) mass is 515 g/mol. The Morgan fingerprint density at radius 1 is 0.829 bits per heavy atom. The third-order valence-electron chi connectivity index (χ3n) is 4.47. The molecule has 11 heteroatoms. The second-order valence-corrected chi connectivity index (χ2v) is 7.62. The van der Waals surface area contributed by atoms with Crippen molar-refractivity contribution in [2.75, 3.05) is 19.5 Å². The average Bonchev–Trinajstić information content (AvgIpc) is 2.86. The van der Waals surface area contributed by atoms with Crippen molar-refractivity contribution in [1.29, 1.82) is 0 Å². The highest BCUT2D eigenvalue weighted by molar-refractivity contribution is 6.43. The first kappa shape index (κ1) is 25.5. The van der Waals surface area contributed by atoms with E-state index in [9.17, 15) is 14.4 Å². The summed E-state index contributed by atoms with van der Waals surface area (Å²) in [6.07, 6.45) is 1.32. The number of amides is 2. The van der Waals surface area contributed by atoms with Gasteiger partial charge in [-0.05, 0) is 66.2 Å². The average molecular weight is 516 g/mol. The van der Waals surface area contributed by atoms with Crippen molar-refractivity contribution in [1.82, 2.24) is 5.43 Å². The number of carbonyl (C=O) groups is 3. The van der Waals surface area contributed by atoms with Crippen LogP contribution in [0.3, 0.4) is 0 Å². The number of ether oxygens (including phenoxy) is 3. The molecule has 0 atom stereocenters. The molecule has 2 amide bonds. The Kier molecular flexibility index (Phi) is 8.66. The molecule has 0 spiro atoms. The van der Waals surface area contributed by atoms with Gasteiger partial charge < -0.3 is 19.5 Å². The molecule has 0 aliphatic rings. The summed E-state index contributed by atoms with van der Waals surface area (Å²) in [4.78, 5) is 36.3. The summed E-state index contributed by atoms with van der Waals surface area (Å²) in [6, 6.07) is 15.4. The van der Waals surface area contributed by atoms with Gasteiger partial charge in [0.2, 0.25) is 0 Å². The van der Waals surface area contributed by atoms with E-state index in [1.807, 2.05) is 0 Å². The van der Waals surface area contributed by atoms with Crippen molar-refractivity contribution in [3.8, 4) is 17.2 Å². The highest BCUT2D eigenvalue weighted by Crippen LogP contribution is 2.28. The lowest BCUT2D eigenvalue weighted by molar-refractivity contribution is -0.136. The SMILES string of the molecule is COc1ccc(C(=O)Oc2ccc(/C=N\NC(=O)C(=O)Nc3ccc(Cl)c(Cl)c3)cc2)cc1OC. The van der Waals surface area contributed by atoms with Crippen LogP contribution in [0.25, 0.3) is 0 Å². The van der Waals surface area contributed by atoms with Crippen molar-refractivity contribution in [3.63, 3.8) is 0 Å². The number of nitrogens with zero attached hydrogens (tertiary/aromatic N) is 1. The van der Waals surface area contributed by atoms with Gasteiger partial charge >= 0.3 is 17.8 Å². The van der Waals surface area contributed by atoms with E-state index in [0.717, 1.165) is 0 Å². The number of anilines is 1. The van der Waals surface area contributed by atoms with E-state index in [-0.39, 0.29) is 10.6 Å². The fraction of sp³-hybridized carbons (Fsp3) is 0.0833. The van der Waals surface area contributed by atoms with Gasteiger partial charge in [0.15, 0.2) is 11.5 Å². The first-order valence-corrected chi connectivity index (χ1v) is 10.7. The topological polar surface area (TPSA) is 115 Å². The molecule has 0 aromatic heterocycles. The molecule has 3 rings (SSSR count). The van der Waals surface area contributed by atoms with Crippen LogP contribution in [0.1, 0.15) is 15.9 Å². The van der Waals surface area contributed by atoms with Crippen LogP contribution in [0.5, 0.6) is 17.2 Å². The summed E-state index contributed by atoms with van der Waals surface area (Å²) < 4.78 is 15.7. The van der Waals surface area contributed by atoms with E-state index in [1.165, 1.54) is 44.7 Å². The van der Waals surface area contributed by atoms with E-state index in [4.69, 9.17) is 37.4 Å². The molecule has 0 aliphatic carbocycles. The summed E-state index contributed by atoms with van der Waals surface area (Å²) in [7, 11) is 2.97. The highest BCUT2D eigenvalue weighted by Gasteiger charge is 2.14. The Balaban J connectivity index is 1.53. The smallest absolute Gasteiger partial charge is 0.343 e. The zero-order valence-electron chi connectivity index (χ0n) is 18.5. The number of hydrogen-bond donors (Lipinski definition) is 2. The number of carbonyl (C=O) groups excluding carboxylic acids is 3. The summed E-state index contributed by atoms with van der Waals surface area (Å²) >= 11 is 11.7. The lowest BCUT2D eigenvalue weighted by Crippen LogP contribution is -2.32. The molecule has 180 valence electrons. The van der Waals surface area contributed by atoms with Gasteiger partial charge in [0, 0.05) is 5.69 Å². The predicted molar refractivity (Wildman–Crippen MR) is 132 cm³/mol. The Morgan fingerprint density at radius 2 is 1.54 bits per heavy atom. The van der Waals surface area contributed by atoms with Gasteiger partial charge in [-0.1, -0.05) is 23.2 Å². The third-order valence-corrected chi connectivity index (χ3v) is 5.21. The van der Waals surface area contributed by atoms with Crippen LogP contribution in [0.2, 0.25) is 10.0 Å². The van der Waals surface area contributed by atoms with Gasteiger partial charge in [-0.2, -0.15) is 5.10 Å². The van der Waals surface area contributed by atoms with Gasteiger partial charge in [-0.15, -0.1) is 0 Å². The number of esters is 1. The number of halogens is 2. The van der Waals surface area contributed by atoms with Crippen LogP contribution in [-0.2, 0) is 9.59 Å². The van der Waals surface area contributed by atoms with Gasteiger partial charge in [0.25, 0.3) is 0 Å². The predicted octanol–water partition coefficient (Wildman–Crippen LogP) is 4.32. The Morgan fingerprint density at radius 3 is 2.20 bits per heavy atom. The van der Waals surface area contributed by atoms with Crippen LogP contribution in [0, 0.1) is 0 Å². The third kappa shape index (κ3) is 6.95. The van der Waals surface area contributed by atoms with Crippen LogP contribution < -0.4 is 25.0 Å². The molecule has 9 nitrogen and oxygen atoms in total. The number of hydrazone groups is 1. The second kappa shape index (κ2) is 11.9. The summed E-state index contributed by atoms with van der Waals surface area (Å²) in [5.74, 6) is -1.29. The van der Waals surface area contributed by atoms with Crippen molar-refractivity contribution >= 4 is 52.9 Å². The molecule has 0 saturated carbocycles. The molecular formula is C24H19Cl2N3O6. The van der Waals surface area contributed by atoms with E-state index in [2.05, 4.69) is 15.8 Å². The van der Waals surface area contributed by atoms with Crippen LogP contribution in [0.15, 0.2) is 65.8 Å². The van der Waals surface area contributed by atoms with E-state index >= 15 is 0 Å². The number of methoxy groups -OCH3 is 2. The molecule has 0 bridgehead atoms. The molecule has 0 unspecified atom stereocenters. The second-order valence-electron chi connectivity index (χ2n) is 6.81. The molecule has 3 aromatic carbocycles. The lowest BCUT2D eigenvalue weighted by Gasteiger charge is -2.09. The highest BCUT2D eigenvalue weighted by atomic mass is 35.5. The largest absolute Gasteiger partial charge is 0.493 e. The zero-order valence-corrected chi connectivity index (χ0v) is 20.0. The maximum Gasteiger partial charge on any atom is 0.343 e. The molecule has 0 saturated heterocycles. The lowest BCUT2D eigenvalue weighted by atomic mass is 10.2. The minimum atomic E-state index is -0.979. The number of benzene rings is 3. The van der Waals surface area contributed by atoms with Crippen LogP contribution in [-0.4, -0.2) is 38.2 Å². The van der Waals surface area contributed by atoms with Gasteiger partial charge in [-0.25, -0.2) is 10.2 Å². The maximum atomic E-state index is 12.4. The van der Waals surface area contributed by atoms with Crippen LogP contribution >= 0.6 is 23.2 Å². The zero-order chi connectivity index (χ0) is 25.4. The van der Waals surface area contributed by atoms with Crippen molar-refractivity contribution < 1.29 is 28.6 Å². The van der Waals surface area contributed by atoms with E-state index in [0.29, 0.717) is 33.5 Å². The summed E-state index contributed by atoms with van der Waals surface area (Å²) in [6.45, 7) is 0. The van der Waals surface area contributed by atoms with Crippen molar-refractivity contribution in [3.05, 3.63) is 81.8 Å². The molecule has 35 heavy (non-hydrogen) atoms. The first-order valence-electron chi connectivity index (χ1n) is 9.94. The fourth-order valence-electron chi connectivity index (χ4n) is 2.73. The molecular weight excluding hydrogens is 497 g/mol. The fourth-order valence-corrected chi connectivity index (χ4v) is 3.03. The molecule has 3 aromatic rings. The Hall–Kier alpha value is -4.08.